The molecule has 0 spiro atoms. The van der Waals surface area contributed by atoms with Crippen LogP contribution in [0.15, 0.2) is 30.4 Å². The van der Waals surface area contributed by atoms with Crippen LogP contribution in [0.2, 0.25) is 0 Å². The van der Waals surface area contributed by atoms with Crippen LogP contribution in [0.25, 0.3) is 0 Å². The van der Waals surface area contributed by atoms with Gasteiger partial charge in [-0.3, -0.25) is 4.90 Å². The zero-order chi connectivity index (χ0) is 17.0. The fraction of sp³-hybridized carbons (Fsp3) is 0.500. The zero-order valence-electron chi connectivity index (χ0n) is 12.9. The van der Waals surface area contributed by atoms with E-state index in [-0.39, 0.29) is 6.04 Å². The Morgan fingerprint density at radius 3 is 2.52 bits per heavy atom. The average Bonchev–Trinajstić information content (AvgIpc) is 2.46. The molecular formula is C16H20F4N2O. The number of piperazine rings is 1. The number of ether oxygens (including phenoxy) is 1. The van der Waals surface area contributed by atoms with Gasteiger partial charge in [-0.25, -0.2) is 4.39 Å². The summed E-state index contributed by atoms with van der Waals surface area (Å²) in [5.41, 5.74) is 1.56. The van der Waals surface area contributed by atoms with Crippen molar-refractivity contribution < 1.29 is 22.3 Å². The van der Waals surface area contributed by atoms with E-state index in [9.17, 15) is 17.6 Å². The SMILES string of the molecule is C=C(C)C[C@@H](c1ccc(OC(F)(F)F)c(F)c1)N1CCNCC1. The number of halogens is 4. The molecule has 0 aliphatic carbocycles. The maximum atomic E-state index is 14.0. The zero-order valence-corrected chi connectivity index (χ0v) is 12.9. The highest BCUT2D eigenvalue weighted by Gasteiger charge is 2.32. The molecule has 1 fully saturated rings. The molecule has 0 radical (unpaired) electrons. The Bertz CT molecular complexity index is 554. The molecule has 1 aromatic carbocycles. The third kappa shape index (κ3) is 5.21. The summed E-state index contributed by atoms with van der Waals surface area (Å²) in [5, 5.41) is 3.24. The van der Waals surface area contributed by atoms with Gasteiger partial charge in [-0.15, -0.1) is 19.8 Å². The van der Waals surface area contributed by atoms with Crippen molar-refractivity contribution in [1.29, 1.82) is 0 Å². The molecule has 1 heterocycles. The first-order valence-electron chi connectivity index (χ1n) is 7.40. The number of hydrogen-bond acceptors (Lipinski definition) is 3. The third-order valence-corrected chi connectivity index (χ3v) is 3.70. The van der Waals surface area contributed by atoms with Gasteiger partial charge in [0, 0.05) is 32.2 Å². The van der Waals surface area contributed by atoms with E-state index in [1.54, 1.807) is 0 Å². The van der Waals surface area contributed by atoms with Gasteiger partial charge in [0.05, 0.1) is 0 Å². The van der Waals surface area contributed by atoms with E-state index in [4.69, 9.17) is 0 Å². The van der Waals surface area contributed by atoms with E-state index < -0.39 is 17.9 Å². The van der Waals surface area contributed by atoms with Crippen LogP contribution in [0, 0.1) is 5.82 Å². The normalized spacial score (nSPS) is 17.8. The van der Waals surface area contributed by atoms with E-state index in [0.29, 0.717) is 12.0 Å². The van der Waals surface area contributed by atoms with Crippen LogP contribution in [0.3, 0.4) is 0 Å². The van der Waals surface area contributed by atoms with E-state index in [2.05, 4.69) is 21.5 Å². The summed E-state index contributed by atoms with van der Waals surface area (Å²) in [6.07, 6.45) is -4.28. The van der Waals surface area contributed by atoms with Crippen molar-refractivity contribution in [2.24, 2.45) is 0 Å². The molecule has 1 aromatic rings. The molecule has 3 nitrogen and oxygen atoms in total. The van der Waals surface area contributed by atoms with E-state index in [0.717, 1.165) is 43.9 Å². The van der Waals surface area contributed by atoms with Crippen molar-refractivity contribution in [3.05, 3.63) is 41.7 Å². The maximum Gasteiger partial charge on any atom is 0.573 e. The van der Waals surface area contributed by atoms with Crippen molar-refractivity contribution in [3.63, 3.8) is 0 Å². The topological polar surface area (TPSA) is 24.5 Å². The van der Waals surface area contributed by atoms with Gasteiger partial charge in [-0.1, -0.05) is 11.6 Å². The largest absolute Gasteiger partial charge is 0.573 e. The molecule has 1 atom stereocenters. The van der Waals surface area contributed by atoms with Crippen molar-refractivity contribution in [1.82, 2.24) is 10.2 Å². The maximum absolute atomic E-state index is 14.0. The molecule has 1 aliphatic heterocycles. The second kappa shape index (κ2) is 7.31. The summed E-state index contributed by atoms with van der Waals surface area (Å²) in [6.45, 7) is 9.01. The molecule has 23 heavy (non-hydrogen) atoms. The molecule has 0 unspecified atom stereocenters. The standard InChI is InChI=1S/C16H20F4N2O/c1-11(2)9-14(22-7-5-21-6-8-22)12-3-4-15(13(17)10-12)23-16(18,19)20/h3-4,10,14,21H,1,5-9H2,2H3/t14-/m0/s1. The van der Waals surface area contributed by atoms with Crippen LogP contribution < -0.4 is 10.1 Å². The Balaban J connectivity index is 2.24. The summed E-state index contributed by atoms with van der Waals surface area (Å²) in [7, 11) is 0. The number of benzene rings is 1. The lowest BCUT2D eigenvalue weighted by atomic mass is 9.97. The smallest absolute Gasteiger partial charge is 0.403 e. The second-order valence-corrected chi connectivity index (χ2v) is 5.70. The Morgan fingerprint density at radius 2 is 2.00 bits per heavy atom. The lowest BCUT2D eigenvalue weighted by molar-refractivity contribution is -0.275. The van der Waals surface area contributed by atoms with E-state index in [1.165, 1.54) is 6.07 Å². The molecule has 2 rings (SSSR count). The summed E-state index contributed by atoms with van der Waals surface area (Å²) in [4.78, 5) is 2.18. The van der Waals surface area contributed by atoms with Gasteiger partial charge in [0.15, 0.2) is 11.6 Å². The number of nitrogens with zero attached hydrogens (tertiary/aromatic N) is 1. The van der Waals surface area contributed by atoms with Gasteiger partial charge in [-0.2, -0.15) is 0 Å². The molecule has 128 valence electrons. The van der Waals surface area contributed by atoms with Crippen molar-refractivity contribution in [2.75, 3.05) is 26.2 Å². The van der Waals surface area contributed by atoms with Crippen molar-refractivity contribution in [2.45, 2.75) is 25.7 Å². The Morgan fingerprint density at radius 1 is 1.35 bits per heavy atom. The lowest BCUT2D eigenvalue weighted by Crippen LogP contribution is -2.45. The molecule has 1 N–H and O–H groups in total. The van der Waals surface area contributed by atoms with Crippen LogP contribution >= 0.6 is 0 Å². The summed E-state index contributed by atoms with van der Waals surface area (Å²) < 4.78 is 54.3. The second-order valence-electron chi connectivity index (χ2n) is 5.70. The predicted molar refractivity (Wildman–Crippen MR) is 79.7 cm³/mol. The Kier molecular flexibility index (Phi) is 5.64. The molecule has 1 aliphatic rings. The quantitative estimate of drug-likeness (QED) is 0.658. The monoisotopic (exact) mass is 332 g/mol. The van der Waals surface area contributed by atoms with Crippen molar-refractivity contribution >= 4 is 0 Å². The molecule has 1 saturated heterocycles. The predicted octanol–water partition coefficient (Wildman–Crippen LogP) is 3.64. The van der Waals surface area contributed by atoms with E-state index in [1.807, 2.05) is 6.92 Å². The number of hydrogen-bond donors (Lipinski definition) is 1. The minimum absolute atomic E-state index is 0.107. The first-order valence-corrected chi connectivity index (χ1v) is 7.40. The highest BCUT2D eigenvalue weighted by molar-refractivity contribution is 5.32. The molecule has 0 amide bonds. The van der Waals surface area contributed by atoms with Crippen LogP contribution in [0.1, 0.15) is 24.9 Å². The first kappa shape index (κ1) is 17.7. The van der Waals surface area contributed by atoms with Crippen LogP contribution in [-0.2, 0) is 0 Å². The number of nitrogens with one attached hydrogen (secondary N) is 1. The van der Waals surface area contributed by atoms with Gasteiger partial charge in [0.1, 0.15) is 0 Å². The van der Waals surface area contributed by atoms with Crippen LogP contribution in [0.5, 0.6) is 5.75 Å². The third-order valence-electron chi connectivity index (χ3n) is 3.70. The van der Waals surface area contributed by atoms with Gasteiger partial charge in [0.25, 0.3) is 0 Å². The van der Waals surface area contributed by atoms with E-state index >= 15 is 0 Å². The summed E-state index contributed by atoms with van der Waals surface area (Å²) >= 11 is 0. The van der Waals surface area contributed by atoms with Crippen LogP contribution in [-0.4, -0.2) is 37.4 Å². The summed E-state index contributed by atoms with van der Waals surface area (Å²) in [5.74, 6) is -1.82. The molecular weight excluding hydrogens is 312 g/mol. The lowest BCUT2D eigenvalue weighted by Gasteiger charge is -2.35. The number of rotatable bonds is 5. The average molecular weight is 332 g/mol. The highest BCUT2D eigenvalue weighted by Crippen LogP contribution is 2.32. The van der Waals surface area contributed by atoms with Gasteiger partial charge < -0.3 is 10.1 Å². The van der Waals surface area contributed by atoms with Crippen molar-refractivity contribution in [3.8, 4) is 5.75 Å². The Labute approximate surface area is 132 Å². The van der Waals surface area contributed by atoms with Crippen LogP contribution in [0.4, 0.5) is 17.6 Å². The molecule has 0 saturated carbocycles. The fourth-order valence-corrected chi connectivity index (χ4v) is 2.71. The minimum Gasteiger partial charge on any atom is -0.403 e. The molecule has 0 bridgehead atoms. The number of alkyl halides is 3. The molecule has 7 heteroatoms. The highest BCUT2D eigenvalue weighted by atomic mass is 19.4. The van der Waals surface area contributed by atoms with Gasteiger partial charge in [0.2, 0.25) is 0 Å². The molecule has 0 aromatic heterocycles. The van der Waals surface area contributed by atoms with Gasteiger partial charge >= 0.3 is 6.36 Å². The Hall–Kier alpha value is -1.60. The first-order chi connectivity index (χ1) is 10.8. The summed E-state index contributed by atoms with van der Waals surface area (Å²) in [6, 6.07) is 3.53. The fourth-order valence-electron chi connectivity index (χ4n) is 2.71. The van der Waals surface area contributed by atoms with Gasteiger partial charge in [-0.05, 0) is 31.0 Å². The minimum atomic E-state index is -4.90.